The van der Waals surface area contributed by atoms with E-state index in [9.17, 15) is 9.18 Å². The second kappa shape index (κ2) is 2.47. The summed E-state index contributed by atoms with van der Waals surface area (Å²) in [6, 6.07) is 0. The van der Waals surface area contributed by atoms with E-state index in [-0.39, 0.29) is 11.3 Å². The van der Waals surface area contributed by atoms with Crippen molar-refractivity contribution in [3.05, 3.63) is 17.5 Å². The van der Waals surface area contributed by atoms with E-state index < -0.39 is 12.6 Å². The number of nitrogens with two attached hydrogens (primary N) is 1. The lowest BCUT2D eigenvalue weighted by Gasteiger charge is -1.89. The Morgan fingerprint density at radius 3 is 3.00 bits per heavy atom. The average molecular weight is 143 g/mol. The molecular weight excluding hydrogens is 137 g/mol. The zero-order chi connectivity index (χ0) is 7.56. The van der Waals surface area contributed by atoms with Gasteiger partial charge in [-0.25, -0.2) is 4.39 Å². The van der Waals surface area contributed by atoms with Crippen LogP contribution in [-0.4, -0.2) is 16.1 Å². The van der Waals surface area contributed by atoms with Crippen molar-refractivity contribution in [1.29, 1.82) is 0 Å². The fraction of sp³-hybridized carbons (Fsp3) is 0.200. The third-order valence-electron chi connectivity index (χ3n) is 1.11. The molecule has 4 nitrogen and oxygen atoms in total. The monoisotopic (exact) mass is 143 g/mol. The van der Waals surface area contributed by atoms with Crippen LogP contribution >= 0.6 is 0 Å². The Morgan fingerprint density at radius 1 is 1.90 bits per heavy atom. The number of rotatable bonds is 2. The molecule has 0 bridgehead atoms. The summed E-state index contributed by atoms with van der Waals surface area (Å²) in [5.41, 5.74) is 5.10. The fourth-order valence-electron chi connectivity index (χ4n) is 0.626. The molecule has 1 amide bonds. The van der Waals surface area contributed by atoms with Crippen molar-refractivity contribution in [1.82, 2.24) is 10.2 Å². The smallest absolute Gasteiger partial charge is 0.267 e. The van der Waals surface area contributed by atoms with Gasteiger partial charge >= 0.3 is 0 Å². The molecule has 0 radical (unpaired) electrons. The molecule has 0 aromatic carbocycles. The number of halogens is 1. The van der Waals surface area contributed by atoms with Crippen molar-refractivity contribution < 1.29 is 9.18 Å². The van der Waals surface area contributed by atoms with E-state index in [0.717, 1.165) is 0 Å². The number of amides is 1. The van der Waals surface area contributed by atoms with E-state index in [2.05, 4.69) is 10.2 Å². The summed E-state index contributed by atoms with van der Waals surface area (Å²) in [5, 5.41) is 5.74. The summed E-state index contributed by atoms with van der Waals surface area (Å²) in [4.78, 5) is 10.4. The Bertz CT molecular complexity index is 245. The average Bonchev–Trinajstić information content (AvgIpc) is 2.33. The highest BCUT2D eigenvalue weighted by Crippen LogP contribution is 2.04. The van der Waals surface area contributed by atoms with E-state index in [1.165, 1.54) is 6.20 Å². The lowest BCUT2D eigenvalue weighted by atomic mass is 10.3. The molecular formula is C5H6FN3O. The van der Waals surface area contributed by atoms with Gasteiger partial charge in [0.2, 0.25) is 0 Å². The highest BCUT2D eigenvalue weighted by molar-refractivity contribution is 5.92. The third kappa shape index (κ3) is 0.975. The molecule has 54 valence electrons. The quantitative estimate of drug-likeness (QED) is 0.610. The molecule has 0 aliphatic heterocycles. The normalized spacial score (nSPS) is 9.70. The van der Waals surface area contributed by atoms with Crippen LogP contribution in [0.5, 0.6) is 0 Å². The molecule has 0 aliphatic rings. The van der Waals surface area contributed by atoms with Gasteiger partial charge in [0.25, 0.3) is 5.91 Å². The number of carbonyl (C=O) groups is 1. The fourth-order valence-corrected chi connectivity index (χ4v) is 0.626. The molecule has 0 unspecified atom stereocenters. The first-order valence-corrected chi connectivity index (χ1v) is 2.63. The van der Waals surface area contributed by atoms with Gasteiger partial charge in [-0.1, -0.05) is 0 Å². The van der Waals surface area contributed by atoms with Crippen LogP contribution < -0.4 is 5.73 Å². The summed E-state index contributed by atoms with van der Waals surface area (Å²) < 4.78 is 11.9. The van der Waals surface area contributed by atoms with Crippen LogP contribution in [0, 0.1) is 0 Å². The number of aromatic amines is 1. The molecule has 0 saturated carbocycles. The molecule has 0 fully saturated rings. The summed E-state index contributed by atoms with van der Waals surface area (Å²) in [7, 11) is 0. The van der Waals surface area contributed by atoms with Gasteiger partial charge in [0, 0.05) is 5.56 Å². The van der Waals surface area contributed by atoms with Crippen molar-refractivity contribution in [3.8, 4) is 0 Å². The minimum atomic E-state index is -0.727. The standard InChI is InChI=1S/C5H6FN3O/c6-1-3-2-8-9-4(3)5(7)10/h2H,1H2,(H2,7,10)(H,8,9). The Kier molecular flexibility index (Phi) is 1.66. The summed E-state index contributed by atoms with van der Waals surface area (Å²) in [6.45, 7) is -0.727. The van der Waals surface area contributed by atoms with E-state index in [1.54, 1.807) is 0 Å². The molecule has 0 aliphatic carbocycles. The molecule has 0 saturated heterocycles. The van der Waals surface area contributed by atoms with Gasteiger partial charge in [-0.2, -0.15) is 5.10 Å². The number of nitrogens with one attached hydrogen (secondary N) is 1. The lowest BCUT2D eigenvalue weighted by Crippen LogP contribution is -2.13. The zero-order valence-electron chi connectivity index (χ0n) is 5.10. The van der Waals surface area contributed by atoms with Crippen LogP contribution in [0.4, 0.5) is 4.39 Å². The number of hydrogen-bond acceptors (Lipinski definition) is 2. The third-order valence-corrected chi connectivity index (χ3v) is 1.11. The minimum absolute atomic E-state index is 0.0440. The van der Waals surface area contributed by atoms with Crippen LogP contribution in [0.2, 0.25) is 0 Å². The highest BCUT2D eigenvalue weighted by atomic mass is 19.1. The number of nitrogens with zero attached hydrogens (tertiary/aromatic N) is 1. The second-order valence-electron chi connectivity index (χ2n) is 1.77. The maximum absolute atomic E-state index is 11.9. The number of H-pyrrole nitrogens is 1. The lowest BCUT2D eigenvalue weighted by molar-refractivity contribution is 0.0994. The van der Waals surface area contributed by atoms with Crippen LogP contribution in [0.1, 0.15) is 16.1 Å². The number of alkyl halides is 1. The van der Waals surface area contributed by atoms with Gasteiger partial charge < -0.3 is 5.73 Å². The predicted molar refractivity (Wildman–Crippen MR) is 31.9 cm³/mol. The van der Waals surface area contributed by atoms with Crippen molar-refractivity contribution in [2.75, 3.05) is 0 Å². The van der Waals surface area contributed by atoms with Crippen LogP contribution in [0.15, 0.2) is 6.20 Å². The van der Waals surface area contributed by atoms with Crippen LogP contribution in [-0.2, 0) is 6.67 Å². The highest BCUT2D eigenvalue weighted by Gasteiger charge is 2.08. The van der Waals surface area contributed by atoms with Gasteiger partial charge in [-0.15, -0.1) is 0 Å². The maximum atomic E-state index is 11.9. The predicted octanol–water partition coefficient (Wildman–Crippen LogP) is -0.0219. The van der Waals surface area contributed by atoms with Gasteiger partial charge in [0.1, 0.15) is 12.4 Å². The number of hydrogen-bond donors (Lipinski definition) is 2. The molecule has 10 heavy (non-hydrogen) atoms. The molecule has 1 aromatic heterocycles. The molecule has 1 rings (SSSR count). The van der Waals surface area contributed by atoms with E-state index >= 15 is 0 Å². The van der Waals surface area contributed by atoms with Crippen molar-refractivity contribution in [2.45, 2.75) is 6.67 Å². The molecule has 1 aromatic rings. The van der Waals surface area contributed by atoms with Gasteiger partial charge in [-0.3, -0.25) is 9.89 Å². The molecule has 0 spiro atoms. The Balaban J connectivity index is 3.01. The maximum Gasteiger partial charge on any atom is 0.267 e. The van der Waals surface area contributed by atoms with Gasteiger partial charge in [0.05, 0.1) is 6.20 Å². The Labute approximate surface area is 56.2 Å². The summed E-state index contributed by atoms with van der Waals surface area (Å²) in [6.07, 6.45) is 1.24. The first-order chi connectivity index (χ1) is 4.75. The van der Waals surface area contributed by atoms with Crippen molar-refractivity contribution in [2.24, 2.45) is 5.73 Å². The van der Waals surface area contributed by atoms with Crippen molar-refractivity contribution >= 4 is 5.91 Å². The molecule has 3 N–H and O–H groups in total. The van der Waals surface area contributed by atoms with Crippen LogP contribution in [0.25, 0.3) is 0 Å². The summed E-state index contributed by atoms with van der Waals surface area (Å²) >= 11 is 0. The largest absolute Gasteiger partial charge is 0.364 e. The molecule has 1 heterocycles. The molecule has 0 atom stereocenters. The first kappa shape index (κ1) is 6.73. The number of primary amides is 1. The second-order valence-corrected chi connectivity index (χ2v) is 1.77. The Morgan fingerprint density at radius 2 is 2.60 bits per heavy atom. The van der Waals surface area contributed by atoms with Crippen LogP contribution in [0.3, 0.4) is 0 Å². The van der Waals surface area contributed by atoms with E-state index in [4.69, 9.17) is 5.73 Å². The molecule has 5 heteroatoms. The van der Waals surface area contributed by atoms with Gasteiger partial charge in [-0.05, 0) is 0 Å². The number of carbonyl (C=O) groups excluding carboxylic acids is 1. The van der Waals surface area contributed by atoms with Crippen molar-refractivity contribution in [3.63, 3.8) is 0 Å². The zero-order valence-corrected chi connectivity index (χ0v) is 5.10. The minimum Gasteiger partial charge on any atom is -0.364 e. The number of aromatic nitrogens is 2. The van der Waals surface area contributed by atoms with Gasteiger partial charge in [0.15, 0.2) is 0 Å². The topological polar surface area (TPSA) is 71.8 Å². The first-order valence-electron chi connectivity index (χ1n) is 2.63. The van der Waals surface area contributed by atoms with E-state index in [0.29, 0.717) is 0 Å². The SMILES string of the molecule is NC(=O)c1[nH]ncc1CF. The summed E-state index contributed by atoms with van der Waals surface area (Å²) in [5.74, 6) is -0.690. The van der Waals surface area contributed by atoms with E-state index in [1.807, 2.05) is 0 Å². The Hall–Kier alpha value is -1.39.